The van der Waals surface area contributed by atoms with E-state index in [0.29, 0.717) is 4.34 Å². The zero-order chi connectivity index (χ0) is 20.6. The van der Waals surface area contributed by atoms with Crippen molar-refractivity contribution in [2.75, 3.05) is 5.32 Å². The smallest absolute Gasteiger partial charge is 0.313 e. The first-order chi connectivity index (χ1) is 13.1. The van der Waals surface area contributed by atoms with E-state index in [-0.39, 0.29) is 17.0 Å². The minimum Gasteiger partial charge on any atom is -0.352 e. The Morgan fingerprint density at radius 2 is 1.96 bits per heavy atom. The van der Waals surface area contributed by atoms with Crippen LogP contribution in [0, 0.1) is 11.7 Å². The molecule has 1 aliphatic rings. The lowest BCUT2D eigenvalue weighted by Gasteiger charge is -2.35. The van der Waals surface area contributed by atoms with Crippen molar-refractivity contribution in [3.63, 3.8) is 0 Å². The van der Waals surface area contributed by atoms with Gasteiger partial charge in [0.15, 0.2) is 0 Å². The van der Waals surface area contributed by atoms with Crippen LogP contribution in [-0.2, 0) is 5.54 Å². The number of thiophene rings is 1. The first kappa shape index (κ1) is 20.4. The lowest BCUT2D eigenvalue weighted by molar-refractivity contribution is 0.0171. The molecule has 6 nitrogen and oxygen atoms in total. The number of alkyl halides is 2. The molecule has 0 aliphatic heterocycles. The fourth-order valence-corrected chi connectivity index (χ4v) is 4.12. The third kappa shape index (κ3) is 3.80. The molecule has 28 heavy (non-hydrogen) atoms. The molecule has 1 aliphatic carbocycles. The number of benzene rings is 1. The molecule has 3 rings (SSSR count). The number of primary amides is 1. The van der Waals surface area contributed by atoms with E-state index in [1.54, 1.807) is 0 Å². The lowest BCUT2D eigenvalue weighted by atomic mass is 9.84. The first-order valence-corrected chi connectivity index (χ1v) is 9.32. The molecule has 150 valence electrons. The number of halogens is 4. The zero-order valence-corrected chi connectivity index (χ0v) is 15.8. The predicted molar refractivity (Wildman–Crippen MR) is 100 cm³/mol. The molecule has 1 aromatic heterocycles. The highest BCUT2D eigenvalue weighted by molar-refractivity contribution is 7.18. The molecule has 0 radical (unpaired) electrons. The van der Waals surface area contributed by atoms with Gasteiger partial charge in [-0.05, 0) is 36.8 Å². The van der Waals surface area contributed by atoms with Crippen LogP contribution < -0.4 is 22.1 Å². The Labute approximate surface area is 167 Å². The van der Waals surface area contributed by atoms with Crippen LogP contribution in [0.4, 0.5) is 23.7 Å². The summed E-state index contributed by atoms with van der Waals surface area (Å²) in [4.78, 5) is 24.0. The molecule has 0 bridgehead atoms. The SMILES string of the molecule is NC(=O)N[C@@](c1cc(NC(=O)c2ccc(Cl)s2)ccc1F)(C(F)F)[C@H]1C[C@H]1N. The topological polar surface area (TPSA) is 110 Å². The van der Waals surface area contributed by atoms with Crippen LogP contribution in [0.2, 0.25) is 4.34 Å². The quantitative estimate of drug-likeness (QED) is 0.562. The van der Waals surface area contributed by atoms with Gasteiger partial charge < -0.3 is 22.1 Å². The van der Waals surface area contributed by atoms with Crippen molar-refractivity contribution in [3.05, 3.63) is 50.9 Å². The van der Waals surface area contributed by atoms with E-state index in [2.05, 4.69) is 5.32 Å². The number of rotatable bonds is 6. The van der Waals surface area contributed by atoms with E-state index in [9.17, 15) is 22.8 Å². The van der Waals surface area contributed by atoms with E-state index in [4.69, 9.17) is 23.1 Å². The number of carbonyl (C=O) groups is 2. The van der Waals surface area contributed by atoms with Crippen LogP contribution in [0.3, 0.4) is 0 Å². The van der Waals surface area contributed by atoms with Crippen molar-refractivity contribution < 1.29 is 22.8 Å². The van der Waals surface area contributed by atoms with Gasteiger partial charge in [-0.15, -0.1) is 11.3 Å². The van der Waals surface area contributed by atoms with E-state index in [1.807, 2.05) is 5.32 Å². The molecule has 1 saturated carbocycles. The van der Waals surface area contributed by atoms with Gasteiger partial charge in [0.1, 0.15) is 11.4 Å². The number of urea groups is 1. The number of amides is 3. The van der Waals surface area contributed by atoms with Gasteiger partial charge in [-0.25, -0.2) is 18.0 Å². The Kier molecular flexibility index (Phi) is 5.55. The number of anilines is 1. The summed E-state index contributed by atoms with van der Waals surface area (Å²) in [6, 6.07) is 4.35. The highest BCUT2D eigenvalue weighted by Gasteiger charge is 2.59. The van der Waals surface area contributed by atoms with Gasteiger partial charge >= 0.3 is 6.03 Å². The van der Waals surface area contributed by atoms with Gasteiger partial charge in [-0.2, -0.15) is 0 Å². The summed E-state index contributed by atoms with van der Waals surface area (Å²) in [6.45, 7) is 0. The molecule has 6 N–H and O–H groups in total. The number of hydrogen-bond acceptors (Lipinski definition) is 4. The Morgan fingerprint density at radius 3 is 2.46 bits per heavy atom. The summed E-state index contributed by atoms with van der Waals surface area (Å²) >= 11 is 6.82. The second-order valence-electron chi connectivity index (χ2n) is 6.42. The summed E-state index contributed by atoms with van der Waals surface area (Å²) in [7, 11) is 0. The Bertz CT molecular complexity index is 926. The van der Waals surface area contributed by atoms with Gasteiger partial charge in [-0.3, -0.25) is 4.79 Å². The third-order valence-electron chi connectivity index (χ3n) is 4.57. The monoisotopic (exact) mass is 432 g/mol. The standard InChI is InChI=1S/C17H16ClF3N4O2S/c18-13-4-3-12(28-13)14(26)24-7-1-2-10(19)8(5-7)17(15(20)21,25-16(23)27)9-6-11(9)22/h1-5,9,11,15H,6,22H2,(H,24,26)(H3,23,25,27)/t9-,11+,17+/m0/s1. The van der Waals surface area contributed by atoms with Crippen molar-refractivity contribution in [2.24, 2.45) is 17.4 Å². The molecule has 2 aromatic rings. The molecule has 0 unspecified atom stereocenters. The fourth-order valence-electron chi connectivity index (χ4n) is 3.18. The first-order valence-electron chi connectivity index (χ1n) is 8.13. The summed E-state index contributed by atoms with van der Waals surface area (Å²) < 4.78 is 43.2. The Balaban J connectivity index is 2.00. The van der Waals surface area contributed by atoms with Crippen LogP contribution in [0.1, 0.15) is 21.7 Å². The number of hydrogen-bond donors (Lipinski definition) is 4. The third-order valence-corrected chi connectivity index (χ3v) is 5.80. The van der Waals surface area contributed by atoms with Crippen LogP contribution in [0.5, 0.6) is 0 Å². The minimum atomic E-state index is -3.19. The second kappa shape index (κ2) is 7.61. The van der Waals surface area contributed by atoms with Gasteiger partial charge in [-0.1, -0.05) is 11.6 Å². The zero-order valence-electron chi connectivity index (χ0n) is 14.2. The van der Waals surface area contributed by atoms with Crippen LogP contribution >= 0.6 is 22.9 Å². The Hall–Kier alpha value is -2.30. The van der Waals surface area contributed by atoms with Crippen LogP contribution in [-0.4, -0.2) is 24.4 Å². The summed E-state index contributed by atoms with van der Waals surface area (Å²) in [5.74, 6) is -2.43. The molecule has 1 heterocycles. The number of carbonyl (C=O) groups excluding carboxylic acids is 2. The van der Waals surface area contributed by atoms with E-state index < -0.39 is 47.2 Å². The average molecular weight is 433 g/mol. The number of nitrogens with two attached hydrogens (primary N) is 2. The molecule has 11 heteroatoms. The van der Waals surface area contributed by atoms with Gasteiger partial charge in [0.25, 0.3) is 12.3 Å². The average Bonchev–Trinajstić information content (AvgIpc) is 3.18. The summed E-state index contributed by atoms with van der Waals surface area (Å²) in [5.41, 5.74) is 7.97. The van der Waals surface area contributed by atoms with Gasteiger partial charge in [0.2, 0.25) is 0 Å². The largest absolute Gasteiger partial charge is 0.352 e. The molecule has 1 aromatic carbocycles. The highest BCUT2D eigenvalue weighted by atomic mass is 35.5. The molecular formula is C17H16ClF3N4O2S. The van der Waals surface area contributed by atoms with Crippen molar-refractivity contribution >= 4 is 40.6 Å². The molecular weight excluding hydrogens is 417 g/mol. The second-order valence-corrected chi connectivity index (χ2v) is 8.13. The van der Waals surface area contributed by atoms with Crippen molar-refractivity contribution in [1.29, 1.82) is 0 Å². The molecule has 3 amide bonds. The number of nitrogens with one attached hydrogen (secondary N) is 2. The maximum Gasteiger partial charge on any atom is 0.313 e. The normalized spacial score (nSPS) is 20.5. The minimum absolute atomic E-state index is 0.0661. The van der Waals surface area contributed by atoms with Crippen LogP contribution in [0.25, 0.3) is 0 Å². The van der Waals surface area contributed by atoms with Gasteiger partial charge in [0, 0.05) is 23.2 Å². The van der Waals surface area contributed by atoms with Crippen molar-refractivity contribution in [3.8, 4) is 0 Å². The highest BCUT2D eigenvalue weighted by Crippen LogP contribution is 2.49. The molecule has 0 saturated heterocycles. The van der Waals surface area contributed by atoms with Crippen molar-refractivity contribution in [1.82, 2.24) is 5.32 Å². The summed E-state index contributed by atoms with van der Waals surface area (Å²) in [5, 5.41) is 4.50. The lowest BCUT2D eigenvalue weighted by Crippen LogP contribution is -2.56. The molecule has 1 fully saturated rings. The van der Waals surface area contributed by atoms with Crippen molar-refractivity contribution in [2.45, 2.75) is 24.4 Å². The summed E-state index contributed by atoms with van der Waals surface area (Å²) in [6.07, 6.45) is -3.02. The predicted octanol–water partition coefficient (Wildman–Crippen LogP) is 3.27. The van der Waals surface area contributed by atoms with Crippen LogP contribution in [0.15, 0.2) is 30.3 Å². The maximum atomic E-state index is 14.6. The van der Waals surface area contributed by atoms with Gasteiger partial charge in [0.05, 0.1) is 9.21 Å². The fraction of sp³-hybridized carbons (Fsp3) is 0.294. The Morgan fingerprint density at radius 1 is 1.29 bits per heavy atom. The molecule has 3 atom stereocenters. The van der Waals surface area contributed by atoms with E-state index in [1.165, 1.54) is 18.2 Å². The maximum absolute atomic E-state index is 14.6. The van der Waals surface area contributed by atoms with E-state index >= 15 is 0 Å². The van der Waals surface area contributed by atoms with E-state index in [0.717, 1.165) is 23.5 Å². The molecule has 0 spiro atoms.